The summed E-state index contributed by atoms with van der Waals surface area (Å²) in [4.78, 5) is 7.35. The Hall–Kier alpha value is -3.06. The zero-order chi connectivity index (χ0) is 21.3. The molecule has 0 aliphatic carbocycles. The summed E-state index contributed by atoms with van der Waals surface area (Å²) < 4.78 is 7.31. The van der Waals surface area contributed by atoms with E-state index in [-0.39, 0.29) is 0 Å². The molecule has 164 valence electrons. The molecule has 0 radical (unpaired) electrons. The largest absolute Gasteiger partial charge is 0.469 e. The van der Waals surface area contributed by atoms with E-state index < -0.39 is 0 Å². The Morgan fingerprint density at radius 1 is 1.13 bits per heavy atom. The van der Waals surface area contributed by atoms with Crippen LogP contribution in [-0.2, 0) is 26.6 Å². The maximum Gasteiger partial charge on any atom is 0.191 e. The topological polar surface area (TPSA) is 70.6 Å². The standard InChI is InChI=1S/C24H32N6O/c1-29-22(9-14-27-29)18-26-24(25-13-10-23-8-5-17-31-23)28-21-11-15-30(16-12-21)19-20-6-3-2-4-7-20/h2-9,14,17,21H,10-13,15-16,18-19H2,1H3,(H2,25,26,28). The maximum atomic E-state index is 5.44. The van der Waals surface area contributed by atoms with Crippen LogP contribution in [0.15, 0.2) is 70.4 Å². The lowest BCUT2D eigenvalue weighted by Crippen LogP contribution is -2.48. The minimum Gasteiger partial charge on any atom is -0.469 e. The highest BCUT2D eigenvalue weighted by Gasteiger charge is 2.20. The number of benzene rings is 1. The molecule has 0 bridgehead atoms. The monoisotopic (exact) mass is 420 g/mol. The van der Waals surface area contributed by atoms with Gasteiger partial charge in [0.2, 0.25) is 0 Å². The Balaban J connectivity index is 1.30. The fraction of sp³-hybridized carbons (Fsp3) is 0.417. The summed E-state index contributed by atoms with van der Waals surface area (Å²) in [5.74, 6) is 1.84. The summed E-state index contributed by atoms with van der Waals surface area (Å²) in [5.41, 5.74) is 2.47. The van der Waals surface area contributed by atoms with Gasteiger partial charge in [-0.2, -0.15) is 5.10 Å². The van der Waals surface area contributed by atoms with Gasteiger partial charge in [0.1, 0.15) is 5.76 Å². The van der Waals surface area contributed by atoms with Gasteiger partial charge in [-0.05, 0) is 36.6 Å². The Bertz CT molecular complexity index is 926. The van der Waals surface area contributed by atoms with Gasteiger partial charge in [-0.15, -0.1) is 0 Å². The summed E-state index contributed by atoms with van der Waals surface area (Å²) >= 11 is 0. The number of nitrogens with zero attached hydrogens (tertiary/aromatic N) is 4. The summed E-state index contributed by atoms with van der Waals surface area (Å²) in [6.45, 7) is 4.58. The summed E-state index contributed by atoms with van der Waals surface area (Å²) in [5, 5.41) is 11.4. The Labute approximate surface area is 184 Å². The molecule has 2 aromatic heterocycles. The number of hydrogen-bond acceptors (Lipinski definition) is 4. The molecule has 0 saturated carbocycles. The quantitative estimate of drug-likeness (QED) is 0.433. The van der Waals surface area contributed by atoms with E-state index in [4.69, 9.17) is 9.41 Å². The molecule has 1 fully saturated rings. The van der Waals surface area contributed by atoms with Crippen molar-refractivity contribution in [2.24, 2.45) is 12.0 Å². The lowest BCUT2D eigenvalue weighted by atomic mass is 10.0. The number of guanidine groups is 1. The fourth-order valence-electron chi connectivity index (χ4n) is 3.90. The number of rotatable bonds is 8. The van der Waals surface area contributed by atoms with E-state index in [9.17, 15) is 0 Å². The Morgan fingerprint density at radius 3 is 2.68 bits per heavy atom. The van der Waals surface area contributed by atoms with Crippen molar-refractivity contribution in [1.82, 2.24) is 25.3 Å². The highest BCUT2D eigenvalue weighted by atomic mass is 16.3. The van der Waals surface area contributed by atoms with Crippen LogP contribution in [0, 0.1) is 0 Å². The number of piperidine rings is 1. The van der Waals surface area contributed by atoms with Crippen molar-refractivity contribution >= 4 is 5.96 Å². The van der Waals surface area contributed by atoms with Gasteiger partial charge in [0.15, 0.2) is 5.96 Å². The van der Waals surface area contributed by atoms with Crippen molar-refractivity contribution in [3.63, 3.8) is 0 Å². The maximum absolute atomic E-state index is 5.44. The molecule has 3 aromatic rings. The van der Waals surface area contributed by atoms with Gasteiger partial charge in [-0.25, -0.2) is 4.99 Å². The van der Waals surface area contributed by atoms with E-state index in [1.165, 1.54) is 5.56 Å². The van der Waals surface area contributed by atoms with E-state index in [2.05, 4.69) is 51.0 Å². The average Bonchev–Trinajstić information content (AvgIpc) is 3.46. The van der Waals surface area contributed by atoms with Crippen molar-refractivity contribution in [3.05, 3.63) is 78.0 Å². The van der Waals surface area contributed by atoms with Crippen molar-refractivity contribution in [1.29, 1.82) is 0 Å². The lowest BCUT2D eigenvalue weighted by molar-refractivity contribution is 0.198. The SMILES string of the molecule is Cn1nccc1CN=C(NCCc1ccco1)NC1CCN(Cc2ccccc2)CC1. The van der Waals surface area contributed by atoms with Gasteiger partial charge in [0, 0.05) is 51.9 Å². The highest BCUT2D eigenvalue weighted by Crippen LogP contribution is 2.14. The molecule has 31 heavy (non-hydrogen) atoms. The minimum absolute atomic E-state index is 0.424. The second kappa shape index (κ2) is 10.8. The zero-order valence-corrected chi connectivity index (χ0v) is 18.2. The van der Waals surface area contributed by atoms with Crippen molar-refractivity contribution in [2.45, 2.75) is 38.4 Å². The first-order valence-corrected chi connectivity index (χ1v) is 11.1. The van der Waals surface area contributed by atoms with Crippen molar-refractivity contribution < 1.29 is 4.42 Å². The zero-order valence-electron chi connectivity index (χ0n) is 18.2. The molecule has 0 atom stereocenters. The second-order valence-corrected chi connectivity index (χ2v) is 8.05. The minimum atomic E-state index is 0.424. The third kappa shape index (κ3) is 6.46. The molecule has 1 aliphatic heterocycles. The summed E-state index contributed by atoms with van der Waals surface area (Å²) in [6.07, 6.45) is 6.57. The molecule has 1 aliphatic rings. The molecule has 0 amide bonds. The van der Waals surface area contributed by atoms with Gasteiger partial charge in [-0.1, -0.05) is 30.3 Å². The smallest absolute Gasteiger partial charge is 0.191 e. The van der Waals surface area contributed by atoms with E-state index in [1.807, 2.05) is 36.1 Å². The molecule has 4 rings (SSSR count). The van der Waals surface area contributed by atoms with E-state index >= 15 is 0 Å². The van der Waals surface area contributed by atoms with Crippen molar-refractivity contribution in [2.75, 3.05) is 19.6 Å². The molecular weight excluding hydrogens is 388 g/mol. The number of furan rings is 1. The van der Waals surface area contributed by atoms with E-state index in [0.717, 1.165) is 62.9 Å². The number of aryl methyl sites for hydroxylation is 1. The molecule has 1 saturated heterocycles. The number of likely N-dealkylation sites (tertiary alicyclic amines) is 1. The normalized spacial score (nSPS) is 15.8. The Morgan fingerprint density at radius 2 is 1.97 bits per heavy atom. The predicted octanol–water partition coefficient (Wildman–Crippen LogP) is 2.96. The molecule has 7 heteroatoms. The van der Waals surface area contributed by atoms with Crippen molar-refractivity contribution in [3.8, 4) is 0 Å². The first kappa shape index (κ1) is 21.2. The summed E-state index contributed by atoms with van der Waals surface area (Å²) in [6, 6.07) is 17.1. The predicted molar refractivity (Wildman–Crippen MR) is 123 cm³/mol. The van der Waals surface area contributed by atoms with Crippen LogP contribution >= 0.6 is 0 Å². The first-order valence-electron chi connectivity index (χ1n) is 11.1. The molecule has 0 unspecified atom stereocenters. The summed E-state index contributed by atoms with van der Waals surface area (Å²) in [7, 11) is 1.95. The molecule has 1 aromatic carbocycles. The average molecular weight is 421 g/mol. The Kier molecular flexibility index (Phi) is 7.39. The van der Waals surface area contributed by atoms with Gasteiger partial charge in [0.25, 0.3) is 0 Å². The van der Waals surface area contributed by atoms with Crippen LogP contribution in [0.5, 0.6) is 0 Å². The van der Waals surface area contributed by atoms with Crippen LogP contribution in [0.2, 0.25) is 0 Å². The number of hydrogen-bond donors (Lipinski definition) is 2. The van der Waals surface area contributed by atoms with Crippen LogP contribution in [0.3, 0.4) is 0 Å². The molecule has 3 heterocycles. The van der Waals surface area contributed by atoms with Crippen LogP contribution in [-0.4, -0.2) is 46.3 Å². The highest BCUT2D eigenvalue weighted by molar-refractivity contribution is 5.80. The third-order valence-electron chi connectivity index (χ3n) is 5.74. The van der Waals surface area contributed by atoms with Crippen LogP contribution < -0.4 is 10.6 Å². The van der Waals surface area contributed by atoms with Crippen LogP contribution in [0.1, 0.15) is 29.9 Å². The van der Waals surface area contributed by atoms with Gasteiger partial charge in [0.05, 0.1) is 18.5 Å². The number of aliphatic imine (C=N–C) groups is 1. The molecule has 2 N–H and O–H groups in total. The number of aromatic nitrogens is 2. The number of nitrogens with one attached hydrogen (secondary N) is 2. The third-order valence-corrected chi connectivity index (χ3v) is 5.74. The van der Waals surface area contributed by atoms with E-state index in [0.29, 0.717) is 12.6 Å². The van der Waals surface area contributed by atoms with Gasteiger partial charge >= 0.3 is 0 Å². The molecular formula is C24H32N6O. The second-order valence-electron chi connectivity index (χ2n) is 8.05. The lowest BCUT2D eigenvalue weighted by Gasteiger charge is -2.33. The first-order chi connectivity index (χ1) is 15.3. The van der Waals surface area contributed by atoms with Gasteiger partial charge < -0.3 is 15.1 Å². The van der Waals surface area contributed by atoms with Crippen LogP contribution in [0.25, 0.3) is 0 Å². The van der Waals surface area contributed by atoms with Crippen LogP contribution in [0.4, 0.5) is 0 Å². The molecule has 0 spiro atoms. The van der Waals surface area contributed by atoms with Gasteiger partial charge in [-0.3, -0.25) is 9.58 Å². The fourth-order valence-corrected chi connectivity index (χ4v) is 3.90. The molecule has 7 nitrogen and oxygen atoms in total. The van der Waals surface area contributed by atoms with E-state index in [1.54, 1.807) is 6.26 Å².